The summed E-state index contributed by atoms with van der Waals surface area (Å²) in [5.41, 5.74) is 2.39. The van der Waals surface area contributed by atoms with E-state index in [1.54, 1.807) is 12.1 Å². The highest BCUT2D eigenvalue weighted by Crippen LogP contribution is 2.36. The van der Waals surface area contributed by atoms with E-state index >= 15 is 0 Å². The molecule has 0 bridgehead atoms. The van der Waals surface area contributed by atoms with Crippen molar-refractivity contribution in [2.75, 3.05) is 12.4 Å². The van der Waals surface area contributed by atoms with Crippen LogP contribution in [0.1, 0.15) is 20.7 Å². The zero-order chi connectivity index (χ0) is 17.8. The number of hydrogen-bond donors (Lipinski definition) is 1. The molecule has 25 heavy (non-hydrogen) atoms. The molecule has 0 saturated heterocycles. The van der Waals surface area contributed by atoms with Crippen LogP contribution in [-0.2, 0) is 4.74 Å². The van der Waals surface area contributed by atoms with Crippen LogP contribution < -0.4 is 5.32 Å². The fraction of sp³-hybridized carbons (Fsp3) is 0.0556. The quantitative estimate of drug-likeness (QED) is 0.630. The summed E-state index contributed by atoms with van der Waals surface area (Å²) in [6.07, 6.45) is 3.08. The minimum atomic E-state index is -0.496. The zero-order valence-corrected chi connectivity index (χ0v) is 15.6. The third-order valence-electron chi connectivity index (χ3n) is 3.51. The zero-order valence-electron chi connectivity index (χ0n) is 13.2. The average molecular weight is 417 g/mol. The SMILES string of the molecule is COC(=O)c1c(-c2ccc(Br)cc2)csc1NC(=O)c1ccncc1. The van der Waals surface area contributed by atoms with Crippen molar-refractivity contribution < 1.29 is 14.3 Å². The number of thiophene rings is 1. The van der Waals surface area contributed by atoms with E-state index in [9.17, 15) is 9.59 Å². The number of benzene rings is 1. The molecular weight excluding hydrogens is 404 g/mol. The standard InChI is InChI=1S/C18H13BrN2O3S/c1-24-18(23)15-14(11-2-4-13(19)5-3-11)10-25-17(15)21-16(22)12-6-8-20-9-7-12/h2-10H,1H3,(H,21,22). The van der Waals surface area contributed by atoms with Crippen LogP contribution in [-0.4, -0.2) is 24.0 Å². The van der Waals surface area contributed by atoms with Crippen LogP contribution in [0.25, 0.3) is 11.1 Å². The molecule has 1 aromatic carbocycles. The molecule has 2 aromatic heterocycles. The summed E-state index contributed by atoms with van der Waals surface area (Å²) in [4.78, 5) is 28.6. The number of pyridine rings is 1. The smallest absolute Gasteiger partial charge is 0.341 e. The molecule has 0 aliphatic rings. The third-order valence-corrected chi connectivity index (χ3v) is 4.93. The van der Waals surface area contributed by atoms with Crippen molar-refractivity contribution in [1.29, 1.82) is 0 Å². The van der Waals surface area contributed by atoms with Gasteiger partial charge in [-0.25, -0.2) is 4.79 Å². The van der Waals surface area contributed by atoms with Crippen molar-refractivity contribution in [3.8, 4) is 11.1 Å². The number of nitrogens with zero attached hydrogens (tertiary/aromatic N) is 1. The van der Waals surface area contributed by atoms with Gasteiger partial charge in [0.25, 0.3) is 5.91 Å². The van der Waals surface area contributed by atoms with E-state index in [2.05, 4.69) is 26.2 Å². The van der Waals surface area contributed by atoms with Gasteiger partial charge < -0.3 is 10.1 Å². The number of nitrogens with one attached hydrogen (secondary N) is 1. The van der Waals surface area contributed by atoms with Crippen LogP contribution in [0.15, 0.2) is 58.6 Å². The number of halogens is 1. The molecule has 1 amide bonds. The highest BCUT2D eigenvalue weighted by Gasteiger charge is 2.22. The predicted octanol–water partition coefficient (Wildman–Crippen LogP) is 4.61. The number of rotatable bonds is 4. The Hall–Kier alpha value is -2.51. The van der Waals surface area contributed by atoms with Crippen molar-refractivity contribution in [3.63, 3.8) is 0 Å². The molecule has 0 aliphatic carbocycles. The highest BCUT2D eigenvalue weighted by molar-refractivity contribution is 9.10. The van der Waals surface area contributed by atoms with Gasteiger partial charge in [-0.15, -0.1) is 11.3 Å². The lowest BCUT2D eigenvalue weighted by molar-refractivity contribution is 0.0603. The lowest BCUT2D eigenvalue weighted by atomic mass is 10.0. The maximum Gasteiger partial charge on any atom is 0.341 e. The van der Waals surface area contributed by atoms with E-state index < -0.39 is 5.97 Å². The Morgan fingerprint density at radius 2 is 1.80 bits per heavy atom. The Balaban J connectivity index is 1.98. The summed E-state index contributed by atoms with van der Waals surface area (Å²) in [7, 11) is 1.32. The lowest BCUT2D eigenvalue weighted by Gasteiger charge is -2.08. The monoisotopic (exact) mass is 416 g/mol. The number of esters is 1. The minimum absolute atomic E-state index is 0.309. The van der Waals surface area contributed by atoms with Crippen LogP contribution in [0.3, 0.4) is 0 Å². The summed E-state index contributed by atoms with van der Waals surface area (Å²) in [6.45, 7) is 0. The molecule has 0 unspecified atom stereocenters. The second kappa shape index (κ2) is 7.58. The Kier molecular flexibility index (Phi) is 5.25. The van der Waals surface area contributed by atoms with Crippen LogP contribution in [0, 0.1) is 0 Å². The number of ether oxygens (including phenoxy) is 1. The Bertz CT molecular complexity index is 908. The second-order valence-corrected chi connectivity index (χ2v) is 6.84. The molecule has 126 valence electrons. The number of anilines is 1. The first-order chi connectivity index (χ1) is 12.1. The minimum Gasteiger partial charge on any atom is -0.465 e. The molecule has 0 atom stereocenters. The first kappa shape index (κ1) is 17.3. The fourth-order valence-corrected chi connectivity index (χ4v) is 3.49. The molecule has 1 N–H and O–H groups in total. The van der Waals surface area contributed by atoms with Crippen LogP contribution in [0.5, 0.6) is 0 Å². The summed E-state index contributed by atoms with van der Waals surface area (Å²) in [5, 5.41) is 5.07. The molecule has 0 spiro atoms. The van der Waals surface area contributed by atoms with Crippen LogP contribution in [0.2, 0.25) is 0 Å². The Labute approximate surface area is 156 Å². The van der Waals surface area contributed by atoms with Crippen molar-refractivity contribution in [2.45, 2.75) is 0 Å². The van der Waals surface area contributed by atoms with Gasteiger partial charge in [-0.2, -0.15) is 0 Å². The van der Waals surface area contributed by atoms with Gasteiger partial charge in [0, 0.05) is 33.4 Å². The molecule has 0 fully saturated rings. The van der Waals surface area contributed by atoms with Crippen molar-refractivity contribution in [1.82, 2.24) is 4.98 Å². The third kappa shape index (κ3) is 3.78. The highest BCUT2D eigenvalue weighted by atomic mass is 79.9. The van der Waals surface area contributed by atoms with Gasteiger partial charge >= 0.3 is 5.97 Å². The van der Waals surface area contributed by atoms with Gasteiger partial charge in [-0.3, -0.25) is 9.78 Å². The van der Waals surface area contributed by atoms with Gasteiger partial charge in [-0.1, -0.05) is 28.1 Å². The normalized spacial score (nSPS) is 10.3. The second-order valence-electron chi connectivity index (χ2n) is 5.04. The molecule has 3 rings (SSSR count). The Morgan fingerprint density at radius 3 is 2.44 bits per heavy atom. The van der Waals surface area contributed by atoms with Crippen molar-refractivity contribution in [3.05, 3.63) is 69.8 Å². The average Bonchev–Trinajstić information content (AvgIpc) is 3.06. The molecule has 7 heteroatoms. The lowest BCUT2D eigenvalue weighted by Crippen LogP contribution is -2.14. The van der Waals surface area contributed by atoms with Gasteiger partial charge in [0.05, 0.1) is 7.11 Å². The number of aromatic nitrogens is 1. The van der Waals surface area contributed by atoms with Crippen molar-refractivity contribution >= 4 is 44.1 Å². The first-order valence-corrected chi connectivity index (χ1v) is 8.94. The number of hydrogen-bond acceptors (Lipinski definition) is 5. The van der Waals surface area contributed by atoms with Gasteiger partial charge in [-0.05, 0) is 29.8 Å². The van der Waals surface area contributed by atoms with Gasteiger partial charge in [0.15, 0.2) is 0 Å². The van der Waals surface area contributed by atoms with Crippen molar-refractivity contribution in [2.24, 2.45) is 0 Å². The van der Waals surface area contributed by atoms with E-state index in [0.717, 1.165) is 15.6 Å². The molecular formula is C18H13BrN2O3S. The largest absolute Gasteiger partial charge is 0.465 e. The molecule has 0 saturated carbocycles. The van der Waals surface area contributed by atoms with E-state index in [1.807, 2.05) is 29.6 Å². The number of amides is 1. The van der Waals surface area contributed by atoms with E-state index in [4.69, 9.17) is 4.74 Å². The number of carbonyl (C=O) groups excluding carboxylic acids is 2. The summed E-state index contributed by atoms with van der Waals surface area (Å²) in [5.74, 6) is -0.805. The van der Waals surface area contributed by atoms with E-state index in [1.165, 1.54) is 30.8 Å². The van der Waals surface area contributed by atoms with E-state index in [0.29, 0.717) is 16.1 Å². The first-order valence-electron chi connectivity index (χ1n) is 7.27. The summed E-state index contributed by atoms with van der Waals surface area (Å²) < 4.78 is 5.85. The van der Waals surface area contributed by atoms with Gasteiger partial charge in [0.2, 0.25) is 0 Å². The van der Waals surface area contributed by atoms with Crippen LogP contribution >= 0.6 is 27.3 Å². The molecule has 0 radical (unpaired) electrons. The molecule has 2 heterocycles. The predicted molar refractivity (Wildman–Crippen MR) is 101 cm³/mol. The number of methoxy groups -OCH3 is 1. The number of carbonyl (C=O) groups is 2. The van der Waals surface area contributed by atoms with E-state index in [-0.39, 0.29) is 5.91 Å². The summed E-state index contributed by atoms with van der Waals surface area (Å²) in [6, 6.07) is 10.8. The fourth-order valence-electron chi connectivity index (χ4n) is 2.28. The van der Waals surface area contributed by atoms with Gasteiger partial charge in [0.1, 0.15) is 10.6 Å². The maximum absolute atomic E-state index is 12.4. The Morgan fingerprint density at radius 1 is 1.12 bits per heavy atom. The molecule has 3 aromatic rings. The molecule has 5 nitrogen and oxygen atoms in total. The summed E-state index contributed by atoms with van der Waals surface area (Å²) >= 11 is 4.67. The topological polar surface area (TPSA) is 68.3 Å². The molecule has 0 aliphatic heterocycles. The van der Waals surface area contributed by atoms with Crippen LogP contribution in [0.4, 0.5) is 5.00 Å². The maximum atomic E-state index is 12.4.